The molecule has 0 saturated heterocycles. The second-order valence-corrected chi connectivity index (χ2v) is 3.35. The van der Waals surface area contributed by atoms with Gasteiger partial charge in [-0.25, -0.2) is 9.37 Å². The van der Waals surface area contributed by atoms with Crippen molar-refractivity contribution in [3.8, 4) is 0 Å². The maximum Gasteiger partial charge on any atom is 0.251 e. The normalized spacial score (nSPS) is 10.2. The van der Waals surface area contributed by atoms with Crippen molar-refractivity contribution in [1.29, 1.82) is 0 Å². The molecule has 0 aliphatic heterocycles. The van der Waals surface area contributed by atoms with Gasteiger partial charge in [0.2, 0.25) is 0 Å². The summed E-state index contributed by atoms with van der Waals surface area (Å²) in [5.41, 5.74) is 5.60. The minimum absolute atomic E-state index is 0.0580. The molecule has 1 aromatic carbocycles. The highest BCUT2D eigenvalue weighted by atomic mass is 19.1. The largest absolute Gasteiger partial charge is 0.396 e. The monoisotopic (exact) mass is 235 g/mol. The predicted molar refractivity (Wildman–Crippen MR) is 58.4 cm³/mol. The molecule has 4 N–H and O–H groups in total. The van der Waals surface area contributed by atoms with Crippen molar-refractivity contribution in [2.45, 2.75) is 6.54 Å². The van der Waals surface area contributed by atoms with Crippen LogP contribution in [-0.4, -0.2) is 21.1 Å². The summed E-state index contributed by atoms with van der Waals surface area (Å²) in [6.45, 7) is 0.218. The number of nitrogens with one attached hydrogen (secondary N) is 2. The van der Waals surface area contributed by atoms with Gasteiger partial charge in [0, 0.05) is 5.56 Å². The molecule has 1 amide bonds. The molecule has 0 atom stereocenters. The molecule has 0 spiro atoms. The predicted octanol–water partition coefficient (Wildman–Crippen LogP) is 0.456. The number of halogens is 1. The Morgan fingerprint density at radius 3 is 3.00 bits per heavy atom. The van der Waals surface area contributed by atoms with Crippen molar-refractivity contribution >= 4 is 11.6 Å². The highest BCUT2D eigenvalue weighted by Crippen LogP contribution is 2.12. The summed E-state index contributed by atoms with van der Waals surface area (Å²) in [4.78, 5) is 15.5. The molecule has 7 heteroatoms. The van der Waals surface area contributed by atoms with E-state index in [-0.39, 0.29) is 18.1 Å². The Morgan fingerprint density at radius 2 is 2.35 bits per heavy atom. The number of aromatic amines is 1. The van der Waals surface area contributed by atoms with E-state index in [4.69, 9.17) is 5.73 Å². The van der Waals surface area contributed by atoms with Crippen LogP contribution in [0.15, 0.2) is 24.5 Å². The molecule has 17 heavy (non-hydrogen) atoms. The van der Waals surface area contributed by atoms with E-state index in [9.17, 15) is 9.18 Å². The van der Waals surface area contributed by atoms with Crippen LogP contribution in [0.5, 0.6) is 0 Å². The fraction of sp³-hybridized carbons (Fsp3) is 0.100. The van der Waals surface area contributed by atoms with E-state index >= 15 is 0 Å². The number of anilines is 1. The maximum absolute atomic E-state index is 12.9. The van der Waals surface area contributed by atoms with Gasteiger partial charge in [-0.2, -0.15) is 5.10 Å². The Labute approximate surface area is 96.1 Å². The summed E-state index contributed by atoms with van der Waals surface area (Å²) in [5, 5.41) is 8.84. The lowest BCUT2D eigenvalue weighted by atomic mass is 10.2. The molecule has 0 saturated carbocycles. The SMILES string of the molecule is Nc1cc(C(=O)NCc2ncn[nH]2)ccc1F. The summed E-state index contributed by atoms with van der Waals surface area (Å²) in [6.07, 6.45) is 1.34. The minimum atomic E-state index is -0.545. The van der Waals surface area contributed by atoms with E-state index in [1.807, 2.05) is 0 Å². The lowest BCUT2D eigenvalue weighted by molar-refractivity contribution is 0.0950. The van der Waals surface area contributed by atoms with Gasteiger partial charge in [-0.05, 0) is 18.2 Å². The molecule has 2 rings (SSSR count). The lowest BCUT2D eigenvalue weighted by Crippen LogP contribution is -2.23. The lowest BCUT2D eigenvalue weighted by Gasteiger charge is -2.04. The molecular formula is C10H10FN5O. The van der Waals surface area contributed by atoms with Gasteiger partial charge in [-0.3, -0.25) is 9.89 Å². The summed E-state index contributed by atoms with van der Waals surface area (Å²) in [7, 11) is 0. The van der Waals surface area contributed by atoms with Crippen LogP contribution in [0.2, 0.25) is 0 Å². The zero-order valence-electron chi connectivity index (χ0n) is 8.77. The molecule has 1 aromatic heterocycles. The van der Waals surface area contributed by atoms with Crippen molar-refractivity contribution in [1.82, 2.24) is 20.5 Å². The van der Waals surface area contributed by atoms with Crippen LogP contribution in [-0.2, 0) is 6.54 Å². The first-order valence-corrected chi connectivity index (χ1v) is 4.84. The third kappa shape index (κ3) is 2.57. The molecule has 88 valence electrons. The van der Waals surface area contributed by atoms with Gasteiger partial charge < -0.3 is 11.1 Å². The average Bonchev–Trinajstić information content (AvgIpc) is 2.82. The highest BCUT2D eigenvalue weighted by Gasteiger charge is 2.08. The molecule has 6 nitrogen and oxygen atoms in total. The van der Waals surface area contributed by atoms with E-state index in [0.29, 0.717) is 11.4 Å². The number of hydrogen-bond donors (Lipinski definition) is 3. The van der Waals surface area contributed by atoms with E-state index in [0.717, 1.165) is 6.07 Å². The van der Waals surface area contributed by atoms with Crippen LogP contribution in [0.25, 0.3) is 0 Å². The second-order valence-electron chi connectivity index (χ2n) is 3.35. The number of benzene rings is 1. The van der Waals surface area contributed by atoms with Crippen LogP contribution in [0.1, 0.15) is 16.2 Å². The van der Waals surface area contributed by atoms with Gasteiger partial charge in [0.25, 0.3) is 5.91 Å². The van der Waals surface area contributed by atoms with E-state index in [1.165, 1.54) is 18.5 Å². The Morgan fingerprint density at radius 1 is 1.53 bits per heavy atom. The number of amides is 1. The van der Waals surface area contributed by atoms with Crippen LogP contribution in [0, 0.1) is 5.82 Å². The molecule has 0 unspecified atom stereocenters. The molecule has 1 heterocycles. The van der Waals surface area contributed by atoms with Gasteiger partial charge in [0.15, 0.2) is 0 Å². The fourth-order valence-corrected chi connectivity index (χ4v) is 1.27. The zero-order chi connectivity index (χ0) is 12.3. The van der Waals surface area contributed by atoms with Crippen molar-refractivity contribution in [3.05, 3.63) is 41.7 Å². The number of nitrogen functional groups attached to an aromatic ring is 1. The van der Waals surface area contributed by atoms with Crippen LogP contribution >= 0.6 is 0 Å². The Bertz CT molecular complexity index is 525. The van der Waals surface area contributed by atoms with Crippen molar-refractivity contribution in [3.63, 3.8) is 0 Å². The Kier molecular flexibility index (Phi) is 2.99. The standard InChI is InChI=1S/C10H10FN5O/c11-7-2-1-6(3-8(7)12)10(17)13-4-9-14-5-15-16-9/h1-3,5H,4,12H2,(H,13,17)(H,14,15,16). The smallest absolute Gasteiger partial charge is 0.251 e. The van der Waals surface area contributed by atoms with Crippen LogP contribution in [0.4, 0.5) is 10.1 Å². The first-order chi connectivity index (χ1) is 8.16. The molecule has 2 aromatic rings. The first kappa shape index (κ1) is 11.1. The number of rotatable bonds is 3. The van der Waals surface area contributed by atoms with Gasteiger partial charge in [-0.1, -0.05) is 0 Å². The van der Waals surface area contributed by atoms with Gasteiger partial charge >= 0.3 is 0 Å². The molecule has 0 fully saturated rings. The van der Waals surface area contributed by atoms with Gasteiger partial charge in [0.1, 0.15) is 18.0 Å². The summed E-state index contributed by atoms with van der Waals surface area (Å²) < 4.78 is 12.9. The maximum atomic E-state index is 12.9. The van der Waals surface area contributed by atoms with Gasteiger partial charge in [-0.15, -0.1) is 0 Å². The third-order valence-electron chi connectivity index (χ3n) is 2.14. The molecule has 0 radical (unpaired) electrons. The zero-order valence-corrected chi connectivity index (χ0v) is 8.77. The number of nitrogens with two attached hydrogens (primary N) is 1. The number of aromatic nitrogens is 3. The Hall–Kier alpha value is -2.44. The minimum Gasteiger partial charge on any atom is -0.396 e. The Balaban J connectivity index is 2.02. The van der Waals surface area contributed by atoms with E-state index in [2.05, 4.69) is 20.5 Å². The summed E-state index contributed by atoms with van der Waals surface area (Å²) in [5.74, 6) is -0.363. The molecule has 0 bridgehead atoms. The van der Waals surface area contributed by atoms with Crippen molar-refractivity contribution < 1.29 is 9.18 Å². The number of hydrogen-bond acceptors (Lipinski definition) is 4. The number of carbonyl (C=O) groups is 1. The molecule has 0 aliphatic rings. The number of carbonyl (C=O) groups excluding carboxylic acids is 1. The topological polar surface area (TPSA) is 96.7 Å². The summed E-state index contributed by atoms with van der Waals surface area (Å²) >= 11 is 0. The second kappa shape index (κ2) is 4.60. The van der Waals surface area contributed by atoms with Crippen molar-refractivity contribution in [2.24, 2.45) is 0 Å². The number of H-pyrrole nitrogens is 1. The highest BCUT2D eigenvalue weighted by molar-refractivity contribution is 5.94. The van der Waals surface area contributed by atoms with Crippen molar-refractivity contribution in [2.75, 3.05) is 5.73 Å². The van der Waals surface area contributed by atoms with E-state index in [1.54, 1.807) is 0 Å². The van der Waals surface area contributed by atoms with Crippen LogP contribution < -0.4 is 11.1 Å². The molecular weight excluding hydrogens is 225 g/mol. The van der Waals surface area contributed by atoms with Gasteiger partial charge in [0.05, 0.1) is 12.2 Å². The molecule has 0 aliphatic carbocycles. The fourth-order valence-electron chi connectivity index (χ4n) is 1.27. The van der Waals surface area contributed by atoms with E-state index < -0.39 is 5.82 Å². The average molecular weight is 235 g/mol. The quantitative estimate of drug-likeness (QED) is 0.673. The third-order valence-corrected chi connectivity index (χ3v) is 2.14. The van der Waals surface area contributed by atoms with Crippen LogP contribution in [0.3, 0.4) is 0 Å². The number of nitrogens with zero attached hydrogens (tertiary/aromatic N) is 2. The summed E-state index contributed by atoms with van der Waals surface area (Å²) in [6, 6.07) is 3.80. The first-order valence-electron chi connectivity index (χ1n) is 4.84.